The summed E-state index contributed by atoms with van der Waals surface area (Å²) in [5.41, 5.74) is 0. The van der Waals surface area contributed by atoms with E-state index in [1.807, 2.05) is 30.4 Å². The summed E-state index contributed by atoms with van der Waals surface area (Å²) in [4.78, 5) is 0. The first kappa shape index (κ1) is 21.4. The van der Waals surface area contributed by atoms with Crippen LogP contribution in [0.1, 0.15) is 71.1 Å². The summed E-state index contributed by atoms with van der Waals surface area (Å²) < 4.78 is 0. The zero-order valence-corrected chi connectivity index (χ0v) is 15.0. The van der Waals surface area contributed by atoms with Crippen LogP contribution in [-0.4, -0.2) is 0 Å². The largest absolute Gasteiger partial charge is 0.0845 e. The molecule has 0 aromatic carbocycles. The van der Waals surface area contributed by atoms with Gasteiger partial charge in [0.15, 0.2) is 0 Å². The highest BCUT2D eigenvalue weighted by Crippen LogP contribution is 2.10. The second kappa shape index (κ2) is 20.4. The number of unbranched alkanes of at least 4 members (excludes halogenated alkanes) is 9. The molecule has 0 aromatic rings. The van der Waals surface area contributed by atoms with E-state index in [0.717, 1.165) is 0 Å². The Labute approximate surface area is 145 Å². The first-order valence-corrected chi connectivity index (χ1v) is 9.28. The van der Waals surface area contributed by atoms with Gasteiger partial charge >= 0.3 is 0 Å². The van der Waals surface area contributed by atoms with Crippen LogP contribution in [0.2, 0.25) is 0 Å². The molecule has 0 spiro atoms. The van der Waals surface area contributed by atoms with Crippen LogP contribution in [0.4, 0.5) is 0 Å². The maximum atomic E-state index is 5.22. The number of allylic oxidation sites excluding steroid dienone is 11. The lowest BCUT2D eigenvalue weighted by Crippen LogP contribution is -1.80. The summed E-state index contributed by atoms with van der Waals surface area (Å²) in [5.74, 6) is 0. The first-order chi connectivity index (χ1) is 11.4. The zero-order valence-electron chi connectivity index (χ0n) is 15.0. The molecule has 0 atom stereocenters. The lowest BCUT2D eigenvalue weighted by Gasteiger charge is -2.00. The Bertz CT molecular complexity index is 377. The molecular formula is C23H35. The molecule has 0 heterocycles. The number of rotatable bonds is 15. The fourth-order valence-corrected chi connectivity index (χ4v) is 2.26. The van der Waals surface area contributed by atoms with Crippen molar-refractivity contribution in [1.82, 2.24) is 0 Å². The van der Waals surface area contributed by atoms with E-state index >= 15 is 0 Å². The van der Waals surface area contributed by atoms with Crippen molar-refractivity contribution >= 4 is 0 Å². The van der Waals surface area contributed by atoms with Crippen molar-refractivity contribution in [2.45, 2.75) is 71.1 Å². The van der Waals surface area contributed by atoms with Gasteiger partial charge in [-0.05, 0) is 12.8 Å². The van der Waals surface area contributed by atoms with E-state index in [4.69, 9.17) is 6.58 Å². The van der Waals surface area contributed by atoms with Crippen LogP contribution in [0, 0.1) is 6.58 Å². The minimum atomic E-state index is 1.20. The molecule has 0 saturated heterocycles. The van der Waals surface area contributed by atoms with Gasteiger partial charge in [0, 0.05) is 0 Å². The van der Waals surface area contributed by atoms with Crippen LogP contribution in [-0.2, 0) is 0 Å². The van der Waals surface area contributed by atoms with Crippen LogP contribution < -0.4 is 0 Å². The summed E-state index contributed by atoms with van der Waals surface area (Å²) in [6.45, 7) is 7.50. The normalized spacial score (nSPS) is 12.7. The average Bonchev–Trinajstić information content (AvgIpc) is 2.57. The minimum Gasteiger partial charge on any atom is -0.0845 e. The summed E-state index contributed by atoms with van der Waals surface area (Å²) in [6, 6.07) is 0. The van der Waals surface area contributed by atoms with E-state index in [2.05, 4.69) is 31.2 Å². The first-order valence-electron chi connectivity index (χ1n) is 9.28. The van der Waals surface area contributed by atoms with Gasteiger partial charge in [0.2, 0.25) is 0 Å². The third-order valence-electron chi connectivity index (χ3n) is 3.61. The summed E-state index contributed by atoms with van der Waals surface area (Å²) in [7, 11) is 0. The van der Waals surface area contributed by atoms with Crippen molar-refractivity contribution in [3.8, 4) is 0 Å². The summed E-state index contributed by atoms with van der Waals surface area (Å²) >= 11 is 0. The van der Waals surface area contributed by atoms with Crippen molar-refractivity contribution in [3.05, 3.63) is 73.4 Å². The fourth-order valence-electron chi connectivity index (χ4n) is 2.26. The predicted octanol–water partition coefficient (Wildman–Crippen LogP) is 7.68. The van der Waals surface area contributed by atoms with Crippen molar-refractivity contribution in [3.63, 3.8) is 0 Å². The van der Waals surface area contributed by atoms with Gasteiger partial charge in [0.1, 0.15) is 0 Å². The number of hydrogen-bond donors (Lipinski definition) is 0. The van der Waals surface area contributed by atoms with Crippen LogP contribution >= 0.6 is 0 Å². The fraction of sp³-hybridized carbons (Fsp3) is 0.478. The topological polar surface area (TPSA) is 0 Å². The van der Waals surface area contributed by atoms with Crippen LogP contribution in [0.15, 0.2) is 66.8 Å². The van der Waals surface area contributed by atoms with Crippen molar-refractivity contribution in [1.29, 1.82) is 0 Å². The quantitative estimate of drug-likeness (QED) is 0.215. The third-order valence-corrected chi connectivity index (χ3v) is 3.61. The molecule has 0 aromatic heterocycles. The molecule has 0 unspecified atom stereocenters. The maximum absolute atomic E-state index is 5.22. The Morgan fingerprint density at radius 3 is 1.48 bits per heavy atom. The second-order valence-electron chi connectivity index (χ2n) is 5.78. The monoisotopic (exact) mass is 311 g/mol. The van der Waals surface area contributed by atoms with Gasteiger partial charge in [0.25, 0.3) is 0 Å². The lowest BCUT2D eigenvalue weighted by atomic mass is 10.1. The average molecular weight is 312 g/mol. The van der Waals surface area contributed by atoms with E-state index in [9.17, 15) is 0 Å². The maximum Gasteiger partial charge on any atom is -0.0348 e. The molecule has 23 heavy (non-hydrogen) atoms. The predicted molar refractivity (Wildman–Crippen MR) is 106 cm³/mol. The highest BCUT2D eigenvalue weighted by molar-refractivity contribution is 5.18. The molecule has 0 fully saturated rings. The van der Waals surface area contributed by atoms with E-state index in [1.165, 1.54) is 70.3 Å². The smallest absolute Gasteiger partial charge is 0.0348 e. The molecule has 0 rings (SSSR count). The highest BCUT2D eigenvalue weighted by Gasteiger charge is 1.90. The van der Waals surface area contributed by atoms with Gasteiger partial charge in [-0.2, -0.15) is 0 Å². The molecular weight excluding hydrogens is 276 g/mol. The molecule has 0 aliphatic carbocycles. The molecule has 0 nitrogen and oxygen atoms in total. The molecule has 0 saturated carbocycles. The number of hydrogen-bond acceptors (Lipinski definition) is 0. The van der Waals surface area contributed by atoms with Gasteiger partial charge in [-0.15, -0.1) is 0 Å². The molecule has 0 heteroatoms. The molecule has 0 aliphatic heterocycles. The van der Waals surface area contributed by atoms with Crippen molar-refractivity contribution < 1.29 is 0 Å². The Morgan fingerprint density at radius 1 is 0.522 bits per heavy atom. The molecule has 127 valence electrons. The Morgan fingerprint density at radius 2 is 0.957 bits per heavy atom. The van der Waals surface area contributed by atoms with E-state index in [-0.39, 0.29) is 0 Å². The van der Waals surface area contributed by atoms with E-state index in [0.29, 0.717) is 0 Å². The molecule has 0 bridgehead atoms. The Balaban J connectivity index is 3.38. The SMILES string of the molecule is [CH]=CC=CC=CC=CC=CC=CCCCCCCCCCCC. The molecule has 0 aliphatic rings. The van der Waals surface area contributed by atoms with Gasteiger partial charge in [0.05, 0.1) is 0 Å². The van der Waals surface area contributed by atoms with Gasteiger partial charge in [-0.25, -0.2) is 0 Å². The molecule has 0 N–H and O–H groups in total. The Hall–Kier alpha value is -1.56. The van der Waals surface area contributed by atoms with Gasteiger partial charge in [-0.1, -0.05) is 132 Å². The molecule has 1 radical (unpaired) electrons. The van der Waals surface area contributed by atoms with Gasteiger partial charge < -0.3 is 0 Å². The van der Waals surface area contributed by atoms with Crippen molar-refractivity contribution in [2.75, 3.05) is 0 Å². The second-order valence-corrected chi connectivity index (χ2v) is 5.78. The highest BCUT2D eigenvalue weighted by atomic mass is 14.0. The lowest BCUT2D eigenvalue weighted by molar-refractivity contribution is 0.566. The molecule has 0 amide bonds. The third kappa shape index (κ3) is 20.4. The minimum absolute atomic E-state index is 1.20. The van der Waals surface area contributed by atoms with Crippen molar-refractivity contribution in [2.24, 2.45) is 0 Å². The summed E-state index contributed by atoms with van der Waals surface area (Å²) in [6.07, 6.45) is 35.5. The summed E-state index contributed by atoms with van der Waals surface area (Å²) in [5, 5.41) is 0. The Kier molecular flexibility index (Phi) is 19.1. The van der Waals surface area contributed by atoms with Crippen LogP contribution in [0.3, 0.4) is 0 Å². The van der Waals surface area contributed by atoms with Gasteiger partial charge in [-0.3, -0.25) is 0 Å². The van der Waals surface area contributed by atoms with E-state index < -0.39 is 0 Å². The van der Waals surface area contributed by atoms with Crippen LogP contribution in [0.25, 0.3) is 0 Å². The zero-order chi connectivity index (χ0) is 16.8. The standard InChI is InChI=1S/C23H35/c1-3-5-7-9-11-13-15-17-19-21-23-22-20-18-16-14-12-10-8-6-4-2/h1,3,5,7,9,11,13,15,17,19,21,23H,4,6,8,10,12,14,16,18,20,22H2,2H3. The van der Waals surface area contributed by atoms with Crippen LogP contribution in [0.5, 0.6) is 0 Å². The van der Waals surface area contributed by atoms with E-state index in [1.54, 1.807) is 6.08 Å².